The predicted octanol–water partition coefficient (Wildman–Crippen LogP) is 2.96. The van der Waals surface area contributed by atoms with Crippen LogP contribution in [-0.4, -0.2) is 25.1 Å². The van der Waals surface area contributed by atoms with Crippen molar-refractivity contribution in [2.24, 2.45) is 0 Å². The summed E-state index contributed by atoms with van der Waals surface area (Å²) in [4.78, 5) is 11.9. The minimum Gasteiger partial charge on any atom is -0.481 e. The zero-order chi connectivity index (χ0) is 15.8. The molecule has 0 radical (unpaired) electrons. The van der Waals surface area contributed by atoms with E-state index >= 15 is 0 Å². The van der Waals surface area contributed by atoms with Crippen LogP contribution in [0.5, 0.6) is 5.75 Å². The highest BCUT2D eigenvalue weighted by molar-refractivity contribution is 5.80. The number of hydrogen-bond acceptors (Lipinski definition) is 3. The summed E-state index contributed by atoms with van der Waals surface area (Å²) in [7, 11) is 0. The molecule has 4 nitrogen and oxygen atoms in total. The number of carbonyl (C=O) groups is 1. The molecule has 1 rings (SSSR count). The van der Waals surface area contributed by atoms with E-state index in [4.69, 9.17) is 4.74 Å². The molecule has 1 aromatic rings. The van der Waals surface area contributed by atoms with Crippen LogP contribution in [0.15, 0.2) is 18.2 Å². The van der Waals surface area contributed by atoms with Gasteiger partial charge in [0.15, 0.2) is 6.10 Å². The Labute approximate surface area is 128 Å². The van der Waals surface area contributed by atoms with Crippen molar-refractivity contribution in [2.45, 2.75) is 53.2 Å². The van der Waals surface area contributed by atoms with Crippen LogP contribution in [0, 0.1) is 6.92 Å². The standard InChI is InChI=1S/C17H28N2O2/c1-6-10-19-17(20)14(5)21-16-9-8-12(3)11-15(16)13(4)18-7-2/h8-9,11,13-14,18H,6-7,10H2,1-5H3,(H,19,20). The highest BCUT2D eigenvalue weighted by Crippen LogP contribution is 2.27. The maximum absolute atomic E-state index is 11.9. The van der Waals surface area contributed by atoms with Crippen molar-refractivity contribution >= 4 is 5.91 Å². The molecule has 1 aromatic carbocycles. The number of amides is 1. The summed E-state index contributed by atoms with van der Waals surface area (Å²) < 4.78 is 5.87. The molecular weight excluding hydrogens is 264 g/mol. The van der Waals surface area contributed by atoms with Crippen LogP contribution >= 0.6 is 0 Å². The molecule has 2 atom stereocenters. The van der Waals surface area contributed by atoms with Gasteiger partial charge in [0.1, 0.15) is 5.75 Å². The molecule has 0 saturated carbocycles. The van der Waals surface area contributed by atoms with Gasteiger partial charge >= 0.3 is 0 Å². The summed E-state index contributed by atoms with van der Waals surface area (Å²) in [6.45, 7) is 11.6. The summed E-state index contributed by atoms with van der Waals surface area (Å²) >= 11 is 0. The number of benzene rings is 1. The lowest BCUT2D eigenvalue weighted by Crippen LogP contribution is -2.37. The van der Waals surface area contributed by atoms with E-state index in [-0.39, 0.29) is 11.9 Å². The number of carbonyl (C=O) groups excluding carboxylic acids is 1. The first-order valence-electron chi connectivity index (χ1n) is 7.77. The van der Waals surface area contributed by atoms with E-state index in [2.05, 4.69) is 37.5 Å². The number of ether oxygens (including phenoxy) is 1. The van der Waals surface area contributed by atoms with Crippen molar-refractivity contribution in [1.82, 2.24) is 10.6 Å². The van der Waals surface area contributed by atoms with E-state index in [0.717, 1.165) is 24.3 Å². The van der Waals surface area contributed by atoms with Crippen LogP contribution < -0.4 is 15.4 Å². The molecule has 2 N–H and O–H groups in total. The molecule has 118 valence electrons. The van der Waals surface area contributed by atoms with Gasteiger partial charge in [-0.15, -0.1) is 0 Å². The van der Waals surface area contributed by atoms with Gasteiger partial charge in [-0.05, 0) is 39.8 Å². The lowest BCUT2D eigenvalue weighted by Gasteiger charge is -2.21. The molecule has 0 aliphatic heterocycles. The Morgan fingerprint density at radius 2 is 2.00 bits per heavy atom. The fourth-order valence-electron chi connectivity index (χ4n) is 2.17. The SMILES string of the molecule is CCCNC(=O)C(C)Oc1ccc(C)cc1C(C)NCC. The van der Waals surface area contributed by atoms with E-state index < -0.39 is 6.10 Å². The second-order valence-electron chi connectivity index (χ2n) is 5.37. The van der Waals surface area contributed by atoms with Crippen LogP contribution in [0.3, 0.4) is 0 Å². The largest absolute Gasteiger partial charge is 0.481 e. The molecule has 0 spiro atoms. The topological polar surface area (TPSA) is 50.4 Å². The zero-order valence-electron chi connectivity index (χ0n) is 13.8. The summed E-state index contributed by atoms with van der Waals surface area (Å²) in [6, 6.07) is 6.26. The van der Waals surface area contributed by atoms with E-state index in [1.807, 2.05) is 19.1 Å². The van der Waals surface area contributed by atoms with Gasteiger partial charge in [0.2, 0.25) is 0 Å². The van der Waals surface area contributed by atoms with E-state index in [0.29, 0.717) is 6.54 Å². The lowest BCUT2D eigenvalue weighted by atomic mass is 10.0. The van der Waals surface area contributed by atoms with Gasteiger partial charge in [-0.1, -0.05) is 31.5 Å². The monoisotopic (exact) mass is 292 g/mol. The first kappa shape index (κ1) is 17.5. The smallest absolute Gasteiger partial charge is 0.260 e. The minimum absolute atomic E-state index is 0.0699. The second kappa shape index (κ2) is 8.67. The van der Waals surface area contributed by atoms with E-state index in [1.54, 1.807) is 6.92 Å². The molecule has 0 aliphatic rings. The first-order valence-corrected chi connectivity index (χ1v) is 7.77. The van der Waals surface area contributed by atoms with Crippen molar-refractivity contribution in [1.29, 1.82) is 0 Å². The molecule has 4 heteroatoms. The molecule has 0 saturated heterocycles. The number of hydrogen-bond donors (Lipinski definition) is 2. The summed E-state index contributed by atoms with van der Waals surface area (Å²) in [5, 5.41) is 6.24. The molecule has 0 aliphatic carbocycles. The third-order valence-electron chi connectivity index (χ3n) is 3.36. The Bertz CT molecular complexity index is 460. The third kappa shape index (κ3) is 5.38. The van der Waals surface area contributed by atoms with Gasteiger partial charge in [-0.25, -0.2) is 0 Å². The van der Waals surface area contributed by atoms with Crippen LogP contribution in [-0.2, 0) is 4.79 Å². The average molecular weight is 292 g/mol. The maximum Gasteiger partial charge on any atom is 0.260 e. The normalized spacial score (nSPS) is 13.6. The Morgan fingerprint density at radius 1 is 1.29 bits per heavy atom. The average Bonchev–Trinajstić information content (AvgIpc) is 2.46. The Balaban J connectivity index is 2.84. The van der Waals surface area contributed by atoms with Gasteiger partial charge < -0.3 is 15.4 Å². The Hall–Kier alpha value is -1.55. The fourth-order valence-corrected chi connectivity index (χ4v) is 2.17. The second-order valence-corrected chi connectivity index (χ2v) is 5.37. The van der Waals surface area contributed by atoms with Crippen molar-refractivity contribution in [2.75, 3.05) is 13.1 Å². The number of aryl methyl sites for hydroxylation is 1. The summed E-state index contributed by atoms with van der Waals surface area (Å²) in [5.41, 5.74) is 2.28. The van der Waals surface area contributed by atoms with Gasteiger partial charge in [-0.3, -0.25) is 4.79 Å². The maximum atomic E-state index is 11.9. The fraction of sp³-hybridized carbons (Fsp3) is 0.588. The van der Waals surface area contributed by atoms with Crippen molar-refractivity contribution in [3.63, 3.8) is 0 Å². The van der Waals surface area contributed by atoms with E-state index in [9.17, 15) is 4.79 Å². The molecule has 0 bridgehead atoms. The first-order chi connectivity index (χ1) is 9.99. The van der Waals surface area contributed by atoms with Crippen molar-refractivity contribution in [3.8, 4) is 5.75 Å². The lowest BCUT2D eigenvalue weighted by molar-refractivity contribution is -0.127. The van der Waals surface area contributed by atoms with Crippen LogP contribution in [0.1, 0.15) is 51.3 Å². The highest BCUT2D eigenvalue weighted by atomic mass is 16.5. The van der Waals surface area contributed by atoms with Gasteiger partial charge in [-0.2, -0.15) is 0 Å². The van der Waals surface area contributed by atoms with E-state index in [1.165, 1.54) is 5.56 Å². The van der Waals surface area contributed by atoms with Crippen molar-refractivity contribution in [3.05, 3.63) is 29.3 Å². The minimum atomic E-state index is -0.494. The summed E-state index contributed by atoms with van der Waals surface area (Å²) in [5.74, 6) is 0.702. The molecule has 2 unspecified atom stereocenters. The van der Waals surface area contributed by atoms with Gasteiger partial charge in [0.05, 0.1) is 0 Å². The highest BCUT2D eigenvalue weighted by Gasteiger charge is 2.18. The molecule has 0 heterocycles. The van der Waals surface area contributed by atoms with Gasteiger partial charge in [0.25, 0.3) is 5.91 Å². The number of nitrogens with one attached hydrogen (secondary N) is 2. The quantitative estimate of drug-likeness (QED) is 0.774. The van der Waals surface area contributed by atoms with Crippen molar-refractivity contribution < 1.29 is 9.53 Å². The van der Waals surface area contributed by atoms with Crippen LogP contribution in [0.25, 0.3) is 0 Å². The van der Waals surface area contributed by atoms with Crippen LogP contribution in [0.2, 0.25) is 0 Å². The molecule has 21 heavy (non-hydrogen) atoms. The number of rotatable bonds is 8. The zero-order valence-corrected chi connectivity index (χ0v) is 13.8. The Kier molecular flexibility index (Phi) is 7.23. The molecule has 0 fully saturated rings. The molecular formula is C17H28N2O2. The van der Waals surface area contributed by atoms with Gasteiger partial charge in [0, 0.05) is 18.2 Å². The predicted molar refractivity (Wildman–Crippen MR) is 86.7 cm³/mol. The third-order valence-corrected chi connectivity index (χ3v) is 3.36. The molecule has 1 amide bonds. The summed E-state index contributed by atoms with van der Waals surface area (Å²) in [6.07, 6.45) is 0.429. The van der Waals surface area contributed by atoms with Crippen LogP contribution in [0.4, 0.5) is 0 Å². The molecule has 0 aromatic heterocycles. The Morgan fingerprint density at radius 3 is 2.62 bits per heavy atom.